The number of hydrogen-bond acceptors (Lipinski definition) is 4. The van der Waals surface area contributed by atoms with Crippen LogP contribution in [0, 0.1) is 0 Å². The summed E-state index contributed by atoms with van der Waals surface area (Å²) in [6, 6.07) is 6.20. The van der Waals surface area contributed by atoms with Crippen LogP contribution in [0.15, 0.2) is 18.2 Å². The number of methoxy groups -OCH3 is 1. The maximum absolute atomic E-state index is 12.8. The van der Waals surface area contributed by atoms with Crippen molar-refractivity contribution in [3.8, 4) is 5.75 Å². The average molecular weight is 304 g/mol. The third-order valence-corrected chi connectivity index (χ3v) is 5.00. The second-order valence-corrected chi connectivity index (χ2v) is 6.46. The summed E-state index contributed by atoms with van der Waals surface area (Å²) in [5.41, 5.74) is 6.81. The monoisotopic (exact) mass is 304 g/mol. The average Bonchev–Trinajstić information content (AvgIpc) is 3.28. The van der Waals surface area contributed by atoms with E-state index in [0.29, 0.717) is 16.6 Å². The van der Waals surface area contributed by atoms with Gasteiger partial charge in [-0.25, -0.2) is 0 Å². The lowest BCUT2D eigenvalue weighted by atomic mass is 10.2. The van der Waals surface area contributed by atoms with E-state index in [1.54, 1.807) is 7.11 Å². The van der Waals surface area contributed by atoms with E-state index >= 15 is 0 Å². The highest BCUT2D eigenvalue weighted by atomic mass is 32.1. The molecule has 0 radical (unpaired) electrons. The zero-order valence-corrected chi connectivity index (χ0v) is 13.2. The molecular weight excluding hydrogens is 284 g/mol. The molecule has 1 saturated carbocycles. The van der Waals surface area contributed by atoms with Gasteiger partial charge in [0.05, 0.1) is 18.2 Å². The predicted molar refractivity (Wildman–Crippen MR) is 87.1 cm³/mol. The number of thiophene rings is 1. The van der Waals surface area contributed by atoms with Gasteiger partial charge >= 0.3 is 0 Å². The second kappa shape index (κ2) is 5.56. The minimum Gasteiger partial charge on any atom is -0.496 e. The Kier molecular flexibility index (Phi) is 3.76. The molecule has 0 saturated heterocycles. The highest BCUT2D eigenvalue weighted by molar-refractivity contribution is 7.21. The van der Waals surface area contributed by atoms with Gasteiger partial charge in [-0.05, 0) is 31.4 Å². The van der Waals surface area contributed by atoms with E-state index in [9.17, 15) is 4.79 Å². The summed E-state index contributed by atoms with van der Waals surface area (Å²) in [6.07, 6.45) is 3.19. The Hall–Kier alpha value is -1.75. The zero-order chi connectivity index (χ0) is 15.0. The van der Waals surface area contributed by atoms with Gasteiger partial charge in [0.15, 0.2) is 0 Å². The summed E-state index contributed by atoms with van der Waals surface area (Å²) in [7, 11) is 1.63. The molecule has 1 aromatic carbocycles. The minimum absolute atomic E-state index is 0.0695. The van der Waals surface area contributed by atoms with Crippen LogP contribution in [0.3, 0.4) is 0 Å². The number of nitrogens with two attached hydrogens (primary N) is 1. The summed E-state index contributed by atoms with van der Waals surface area (Å²) < 4.78 is 6.37. The topological polar surface area (TPSA) is 55.6 Å². The molecule has 1 aliphatic rings. The first-order chi connectivity index (χ1) is 10.2. The molecule has 0 bridgehead atoms. The number of carbonyl (C=O) groups excluding carboxylic acids is 1. The van der Waals surface area contributed by atoms with Gasteiger partial charge in [0.1, 0.15) is 10.6 Å². The molecule has 21 heavy (non-hydrogen) atoms. The number of fused-ring (bicyclic) bond motifs is 1. The predicted octanol–water partition coefficient (Wildman–Crippen LogP) is 3.51. The molecule has 3 rings (SSSR count). The fourth-order valence-corrected chi connectivity index (χ4v) is 3.77. The van der Waals surface area contributed by atoms with E-state index in [1.807, 2.05) is 23.1 Å². The normalized spacial score (nSPS) is 14.4. The van der Waals surface area contributed by atoms with E-state index in [0.717, 1.165) is 41.6 Å². The molecule has 0 spiro atoms. The smallest absolute Gasteiger partial charge is 0.266 e. The van der Waals surface area contributed by atoms with E-state index in [4.69, 9.17) is 10.5 Å². The maximum atomic E-state index is 12.8. The fraction of sp³-hybridized carbons (Fsp3) is 0.438. The molecule has 1 heterocycles. The lowest BCUT2D eigenvalue weighted by Gasteiger charge is -2.21. The number of amides is 1. The van der Waals surface area contributed by atoms with Crippen LogP contribution in [0.2, 0.25) is 0 Å². The van der Waals surface area contributed by atoms with Gasteiger partial charge in [-0.3, -0.25) is 4.79 Å². The maximum Gasteiger partial charge on any atom is 0.266 e. The van der Waals surface area contributed by atoms with Crippen LogP contribution in [0.1, 0.15) is 35.9 Å². The van der Waals surface area contributed by atoms with Crippen LogP contribution in [-0.4, -0.2) is 30.5 Å². The Morgan fingerprint density at radius 2 is 2.24 bits per heavy atom. The lowest BCUT2D eigenvalue weighted by molar-refractivity contribution is 0.0749. The third kappa shape index (κ3) is 2.46. The van der Waals surface area contributed by atoms with Crippen molar-refractivity contribution in [1.82, 2.24) is 4.90 Å². The van der Waals surface area contributed by atoms with Gasteiger partial charge in [0, 0.05) is 17.3 Å². The number of nitrogens with zero attached hydrogens (tertiary/aromatic N) is 1. The SMILES string of the molecule is CCCN(C(=O)c1sc2cccc(OC)c2c1N)C1CC1. The van der Waals surface area contributed by atoms with Crippen LogP contribution in [0.4, 0.5) is 5.69 Å². The first-order valence-corrected chi connectivity index (χ1v) is 8.15. The highest BCUT2D eigenvalue weighted by Gasteiger charge is 2.34. The minimum atomic E-state index is 0.0695. The molecule has 4 nitrogen and oxygen atoms in total. The fourth-order valence-electron chi connectivity index (χ4n) is 2.68. The Balaban J connectivity index is 2.03. The molecule has 2 N–H and O–H groups in total. The third-order valence-electron chi connectivity index (χ3n) is 3.84. The molecule has 0 unspecified atom stereocenters. The van der Waals surface area contributed by atoms with Crippen molar-refractivity contribution in [3.05, 3.63) is 23.1 Å². The van der Waals surface area contributed by atoms with Gasteiger partial charge in [0.25, 0.3) is 5.91 Å². The van der Waals surface area contributed by atoms with Gasteiger partial charge in [-0.15, -0.1) is 11.3 Å². The molecule has 112 valence electrons. The molecular formula is C16H20N2O2S. The molecule has 1 aliphatic carbocycles. The number of nitrogen functional groups attached to an aromatic ring is 1. The standard InChI is InChI=1S/C16H20N2O2S/c1-3-9-18(10-7-8-10)16(19)15-14(17)13-11(20-2)5-4-6-12(13)21-15/h4-6,10H,3,7-9,17H2,1-2H3. The van der Waals surface area contributed by atoms with Crippen LogP contribution in [0.25, 0.3) is 10.1 Å². The Bertz CT molecular complexity index is 676. The number of ether oxygens (including phenoxy) is 1. The van der Waals surface area contributed by atoms with E-state index < -0.39 is 0 Å². The lowest BCUT2D eigenvalue weighted by Crippen LogP contribution is -2.33. The van der Waals surface area contributed by atoms with Crippen LogP contribution >= 0.6 is 11.3 Å². The molecule has 0 aliphatic heterocycles. The van der Waals surface area contributed by atoms with Gasteiger partial charge in [-0.2, -0.15) is 0 Å². The number of carbonyl (C=O) groups is 1. The van der Waals surface area contributed by atoms with E-state index in [1.165, 1.54) is 11.3 Å². The summed E-state index contributed by atoms with van der Waals surface area (Å²) in [6.45, 7) is 2.90. The van der Waals surface area contributed by atoms with Crippen LogP contribution < -0.4 is 10.5 Å². The highest BCUT2D eigenvalue weighted by Crippen LogP contribution is 2.41. The van der Waals surface area contributed by atoms with Crippen LogP contribution in [0.5, 0.6) is 5.75 Å². The van der Waals surface area contributed by atoms with Gasteiger partial charge in [0.2, 0.25) is 0 Å². The van der Waals surface area contributed by atoms with Crippen molar-refractivity contribution in [2.24, 2.45) is 0 Å². The summed E-state index contributed by atoms with van der Waals surface area (Å²) in [5.74, 6) is 0.800. The summed E-state index contributed by atoms with van der Waals surface area (Å²) in [5, 5.41) is 0.862. The van der Waals surface area contributed by atoms with Crippen molar-refractivity contribution < 1.29 is 9.53 Å². The van der Waals surface area contributed by atoms with Crippen molar-refractivity contribution >= 4 is 33.0 Å². The molecule has 1 aromatic heterocycles. The van der Waals surface area contributed by atoms with Crippen molar-refractivity contribution in [1.29, 1.82) is 0 Å². The van der Waals surface area contributed by atoms with Gasteiger partial charge in [-0.1, -0.05) is 13.0 Å². The molecule has 1 amide bonds. The van der Waals surface area contributed by atoms with Gasteiger partial charge < -0.3 is 15.4 Å². The second-order valence-electron chi connectivity index (χ2n) is 5.41. The molecule has 1 fully saturated rings. The quantitative estimate of drug-likeness (QED) is 0.919. The Morgan fingerprint density at radius 3 is 2.86 bits per heavy atom. The largest absolute Gasteiger partial charge is 0.496 e. The first kappa shape index (κ1) is 14.2. The van der Waals surface area contributed by atoms with E-state index in [2.05, 4.69) is 6.92 Å². The molecule has 0 atom stereocenters. The van der Waals surface area contributed by atoms with E-state index in [-0.39, 0.29) is 5.91 Å². The molecule has 2 aromatic rings. The number of hydrogen-bond donors (Lipinski definition) is 1. The number of anilines is 1. The summed E-state index contributed by atoms with van der Waals surface area (Å²) in [4.78, 5) is 15.4. The van der Waals surface area contributed by atoms with Crippen LogP contribution in [-0.2, 0) is 0 Å². The first-order valence-electron chi connectivity index (χ1n) is 7.33. The number of rotatable bonds is 5. The zero-order valence-electron chi connectivity index (χ0n) is 12.4. The van der Waals surface area contributed by atoms with Crippen molar-refractivity contribution in [2.75, 3.05) is 19.4 Å². The Morgan fingerprint density at radius 1 is 1.48 bits per heavy atom. The Labute approximate surface area is 128 Å². The summed E-state index contributed by atoms with van der Waals surface area (Å²) >= 11 is 1.46. The molecule has 5 heteroatoms. The number of benzene rings is 1. The van der Waals surface area contributed by atoms with Crippen molar-refractivity contribution in [3.63, 3.8) is 0 Å². The van der Waals surface area contributed by atoms with Crippen molar-refractivity contribution in [2.45, 2.75) is 32.2 Å².